The van der Waals surface area contributed by atoms with Crippen molar-refractivity contribution in [3.8, 4) is 5.75 Å². The molecule has 1 aliphatic rings. The predicted molar refractivity (Wildman–Crippen MR) is 99.4 cm³/mol. The van der Waals surface area contributed by atoms with E-state index in [4.69, 9.17) is 9.47 Å². The fourth-order valence-corrected chi connectivity index (χ4v) is 3.29. The van der Waals surface area contributed by atoms with Crippen LogP contribution in [0.4, 0.5) is 0 Å². The number of carbonyl (C=O) groups excluding carboxylic acids is 1. The molecular weight excluding hydrogens is 326 g/mol. The maximum Gasteiger partial charge on any atom is 0.159 e. The molecule has 1 saturated heterocycles. The molecule has 0 bridgehead atoms. The first-order chi connectivity index (χ1) is 11.0. The number of benzene rings is 1. The van der Waals surface area contributed by atoms with Crippen LogP contribution < -0.4 is 4.74 Å². The van der Waals surface area contributed by atoms with Gasteiger partial charge >= 0.3 is 0 Å². The Bertz CT molecular complexity index is 499. The molecule has 0 aromatic heterocycles. The molecule has 0 aliphatic carbocycles. The molecule has 1 aliphatic heterocycles. The Morgan fingerprint density at radius 2 is 1.88 bits per heavy atom. The Labute approximate surface area is 151 Å². The molecule has 0 radical (unpaired) electrons. The van der Waals surface area contributed by atoms with Gasteiger partial charge in [-0.1, -0.05) is 26.0 Å². The topological polar surface area (TPSA) is 38.8 Å². The van der Waals surface area contributed by atoms with Crippen molar-refractivity contribution in [3.05, 3.63) is 29.8 Å². The minimum Gasteiger partial charge on any atom is -0.491 e. The first-order valence-electron chi connectivity index (χ1n) is 8.58. The summed E-state index contributed by atoms with van der Waals surface area (Å²) in [5, 5.41) is 0. The van der Waals surface area contributed by atoms with E-state index in [1.54, 1.807) is 19.1 Å². The van der Waals surface area contributed by atoms with Gasteiger partial charge in [0.15, 0.2) is 5.78 Å². The van der Waals surface area contributed by atoms with E-state index < -0.39 is 0 Å². The number of ketones is 1. The van der Waals surface area contributed by atoms with Crippen molar-refractivity contribution in [1.29, 1.82) is 0 Å². The maximum absolute atomic E-state index is 11.3. The van der Waals surface area contributed by atoms with E-state index in [0.717, 1.165) is 30.7 Å². The summed E-state index contributed by atoms with van der Waals surface area (Å²) in [5.41, 5.74) is 0.678. The zero-order valence-corrected chi connectivity index (χ0v) is 15.8. The number of likely N-dealkylation sites (tertiary alicyclic amines) is 1. The van der Waals surface area contributed by atoms with Crippen LogP contribution in [0, 0.1) is 11.8 Å². The van der Waals surface area contributed by atoms with E-state index in [9.17, 15) is 4.79 Å². The summed E-state index contributed by atoms with van der Waals surface area (Å²) in [6.45, 7) is 11.4. The van der Waals surface area contributed by atoms with Crippen molar-refractivity contribution >= 4 is 18.2 Å². The molecule has 1 heterocycles. The van der Waals surface area contributed by atoms with Crippen molar-refractivity contribution in [3.63, 3.8) is 0 Å². The van der Waals surface area contributed by atoms with E-state index in [-0.39, 0.29) is 18.2 Å². The second kappa shape index (κ2) is 10.7. The van der Waals surface area contributed by atoms with Crippen molar-refractivity contribution in [2.24, 2.45) is 11.8 Å². The van der Waals surface area contributed by atoms with Gasteiger partial charge in [-0.3, -0.25) is 4.79 Å². The number of ether oxygens (including phenoxy) is 2. The molecule has 2 atom stereocenters. The normalized spacial score (nSPS) is 21.1. The number of Topliss-reactive ketones (excluding diaryl/α,β-unsaturated/α-hetero) is 1. The zero-order valence-electron chi connectivity index (χ0n) is 15.0. The van der Waals surface area contributed by atoms with Crippen LogP contribution in [0.15, 0.2) is 24.3 Å². The summed E-state index contributed by atoms with van der Waals surface area (Å²) in [7, 11) is 0. The van der Waals surface area contributed by atoms with Crippen molar-refractivity contribution in [2.45, 2.75) is 27.2 Å². The molecule has 0 N–H and O–H groups in total. The highest BCUT2D eigenvalue weighted by Crippen LogP contribution is 2.20. The Morgan fingerprint density at radius 3 is 2.54 bits per heavy atom. The predicted octanol–water partition coefficient (Wildman–Crippen LogP) is 3.68. The molecule has 5 heteroatoms. The molecule has 24 heavy (non-hydrogen) atoms. The van der Waals surface area contributed by atoms with Crippen LogP contribution in [0.1, 0.15) is 37.6 Å². The number of hydrogen-bond acceptors (Lipinski definition) is 4. The summed E-state index contributed by atoms with van der Waals surface area (Å²) >= 11 is 0. The van der Waals surface area contributed by atoms with Gasteiger partial charge in [-0.2, -0.15) is 0 Å². The van der Waals surface area contributed by atoms with Gasteiger partial charge in [-0.15, -0.1) is 12.4 Å². The minimum atomic E-state index is 0. The maximum atomic E-state index is 11.3. The quantitative estimate of drug-likeness (QED) is 0.526. The lowest BCUT2D eigenvalue weighted by Gasteiger charge is -2.34. The highest BCUT2D eigenvalue weighted by molar-refractivity contribution is 5.94. The van der Waals surface area contributed by atoms with E-state index in [1.807, 2.05) is 12.1 Å². The molecule has 1 fully saturated rings. The Balaban J connectivity index is 0.00000288. The Morgan fingerprint density at radius 1 is 1.17 bits per heavy atom. The number of piperidine rings is 1. The van der Waals surface area contributed by atoms with Gasteiger partial charge in [0.2, 0.25) is 0 Å². The third-order valence-corrected chi connectivity index (χ3v) is 4.23. The summed E-state index contributed by atoms with van der Waals surface area (Å²) in [4.78, 5) is 13.8. The van der Waals surface area contributed by atoms with Crippen LogP contribution in [0.3, 0.4) is 0 Å². The minimum absolute atomic E-state index is 0. The summed E-state index contributed by atoms with van der Waals surface area (Å²) in [5.74, 6) is 2.35. The monoisotopic (exact) mass is 355 g/mol. The zero-order chi connectivity index (χ0) is 16.7. The molecule has 0 saturated carbocycles. The van der Waals surface area contributed by atoms with Crippen molar-refractivity contribution in [2.75, 3.05) is 39.5 Å². The number of halogens is 1. The molecule has 4 nitrogen and oxygen atoms in total. The van der Waals surface area contributed by atoms with Crippen LogP contribution in [-0.4, -0.2) is 50.1 Å². The summed E-state index contributed by atoms with van der Waals surface area (Å²) in [6, 6.07) is 7.28. The first kappa shape index (κ1) is 20.9. The Hall–Kier alpha value is -1.10. The van der Waals surface area contributed by atoms with Gasteiger partial charge in [0, 0.05) is 25.2 Å². The number of carbonyl (C=O) groups is 1. The molecular formula is C19H30ClNO3. The third kappa shape index (κ3) is 7.20. The summed E-state index contributed by atoms with van der Waals surface area (Å²) < 4.78 is 11.3. The van der Waals surface area contributed by atoms with Crippen LogP contribution in [0.25, 0.3) is 0 Å². The van der Waals surface area contributed by atoms with Gasteiger partial charge < -0.3 is 14.4 Å². The second-order valence-corrected chi connectivity index (χ2v) is 6.75. The Kier molecular flexibility index (Phi) is 9.34. The lowest BCUT2D eigenvalue weighted by Crippen LogP contribution is -2.40. The standard InChI is InChI=1S/C19H29NO3.ClH/c1-15-11-16(2)14-20(13-15)7-8-22-9-10-23-19-6-4-5-18(12-19)17(3)21;/h4-6,12,15-16H,7-11,13-14H2,1-3H3;1H. The lowest BCUT2D eigenvalue weighted by atomic mass is 9.92. The van der Waals surface area contributed by atoms with Crippen LogP contribution >= 0.6 is 12.4 Å². The lowest BCUT2D eigenvalue weighted by molar-refractivity contribution is 0.0595. The van der Waals surface area contributed by atoms with Gasteiger partial charge in [0.1, 0.15) is 12.4 Å². The molecule has 1 aromatic carbocycles. The average Bonchev–Trinajstić information content (AvgIpc) is 2.50. The van der Waals surface area contributed by atoms with Crippen LogP contribution in [0.2, 0.25) is 0 Å². The smallest absolute Gasteiger partial charge is 0.159 e. The van der Waals surface area contributed by atoms with Gasteiger partial charge in [-0.05, 0) is 37.3 Å². The fraction of sp³-hybridized carbons (Fsp3) is 0.632. The fourth-order valence-electron chi connectivity index (χ4n) is 3.29. The van der Waals surface area contributed by atoms with E-state index >= 15 is 0 Å². The van der Waals surface area contributed by atoms with E-state index in [0.29, 0.717) is 18.8 Å². The highest BCUT2D eigenvalue weighted by Gasteiger charge is 2.21. The molecule has 2 unspecified atom stereocenters. The van der Waals surface area contributed by atoms with Crippen LogP contribution in [0.5, 0.6) is 5.75 Å². The highest BCUT2D eigenvalue weighted by atomic mass is 35.5. The van der Waals surface area contributed by atoms with E-state index in [2.05, 4.69) is 18.7 Å². The van der Waals surface area contributed by atoms with Crippen LogP contribution in [-0.2, 0) is 4.74 Å². The van der Waals surface area contributed by atoms with Gasteiger partial charge in [0.25, 0.3) is 0 Å². The first-order valence-corrected chi connectivity index (χ1v) is 8.58. The molecule has 0 amide bonds. The van der Waals surface area contributed by atoms with Gasteiger partial charge in [-0.25, -0.2) is 0 Å². The molecule has 2 rings (SSSR count). The SMILES string of the molecule is CC(=O)c1cccc(OCCOCCN2CC(C)CC(C)C2)c1.Cl. The van der Waals surface area contributed by atoms with Crippen molar-refractivity contribution in [1.82, 2.24) is 4.90 Å². The second-order valence-electron chi connectivity index (χ2n) is 6.75. The third-order valence-electron chi connectivity index (χ3n) is 4.23. The molecule has 0 spiro atoms. The van der Waals surface area contributed by atoms with E-state index in [1.165, 1.54) is 19.5 Å². The average molecular weight is 356 g/mol. The largest absolute Gasteiger partial charge is 0.491 e. The molecule has 1 aromatic rings. The summed E-state index contributed by atoms with van der Waals surface area (Å²) in [6.07, 6.45) is 1.34. The molecule has 136 valence electrons. The number of rotatable bonds is 8. The van der Waals surface area contributed by atoms with Gasteiger partial charge in [0.05, 0.1) is 13.2 Å². The number of hydrogen-bond donors (Lipinski definition) is 0. The van der Waals surface area contributed by atoms with Crippen molar-refractivity contribution < 1.29 is 14.3 Å². The number of nitrogens with zero attached hydrogens (tertiary/aromatic N) is 1.